The highest BCUT2D eigenvalue weighted by molar-refractivity contribution is 6.32. The number of nitrogens with zero attached hydrogens (tertiary/aromatic N) is 3. The van der Waals surface area contributed by atoms with E-state index in [1.807, 2.05) is 31.2 Å². The summed E-state index contributed by atoms with van der Waals surface area (Å²) in [5.74, 6) is 7.02. The molecular formula is C31H31ClFN5O3. The van der Waals surface area contributed by atoms with Crippen LogP contribution in [0.15, 0.2) is 71.4 Å². The van der Waals surface area contributed by atoms with Crippen LogP contribution in [0.1, 0.15) is 25.8 Å². The SMILES string of the molecule is CC#C/C(=N\OC[C@@H]1CNCCO1)c1ccc2ncnc(Nc3ccc(OCC4=CC(F)=CCC4C)c(Cl)c3)c2c1. The molecular weight excluding hydrogens is 545 g/mol. The van der Waals surface area contributed by atoms with Crippen molar-refractivity contribution in [1.82, 2.24) is 15.3 Å². The predicted molar refractivity (Wildman–Crippen MR) is 159 cm³/mol. The second-order valence-corrected chi connectivity index (χ2v) is 10.2. The van der Waals surface area contributed by atoms with Gasteiger partial charge in [-0.05, 0) is 79.3 Å². The summed E-state index contributed by atoms with van der Waals surface area (Å²) in [6, 6.07) is 11.1. The van der Waals surface area contributed by atoms with Gasteiger partial charge in [0.05, 0.1) is 17.1 Å². The predicted octanol–water partition coefficient (Wildman–Crippen LogP) is 5.96. The van der Waals surface area contributed by atoms with Gasteiger partial charge in [0.15, 0.2) is 5.71 Å². The first-order valence-electron chi connectivity index (χ1n) is 13.5. The molecule has 3 aromatic rings. The van der Waals surface area contributed by atoms with Crippen molar-refractivity contribution in [1.29, 1.82) is 0 Å². The monoisotopic (exact) mass is 575 g/mol. The van der Waals surface area contributed by atoms with E-state index in [0.29, 0.717) is 41.9 Å². The molecule has 1 unspecified atom stereocenters. The molecule has 0 amide bonds. The van der Waals surface area contributed by atoms with E-state index in [9.17, 15) is 4.39 Å². The van der Waals surface area contributed by atoms with Crippen molar-refractivity contribution in [2.75, 3.05) is 38.2 Å². The van der Waals surface area contributed by atoms with Crippen LogP contribution in [-0.4, -0.2) is 54.7 Å². The van der Waals surface area contributed by atoms with Gasteiger partial charge in [0.2, 0.25) is 0 Å². The lowest BCUT2D eigenvalue weighted by Crippen LogP contribution is -2.40. The summed E-state index contributed by atoms with van der Waals surface area (Å²) in [4.78, 5) is 14.5. The molecule has 1 saturated heterocycles. The summed E-state index contributed by atoms with van der Waals surface area (Å²) < 4.78 is 25.3. The number of morpholine rings is 1. The fourth-order valence-electron chi connectivity index (χ4n) is 4.48. The Hall–Kier alpha value is -3.97. The Labute approximate surface area is 243 Å². The number of fused-ring (bicyclic) bond motifs is 1. The first-order chi connectivity index (χ1) is 20.0. The standard InChI is InChI=1S/C31H31ClFN5O3/c1-3-4-28(38-41-18-25-16-34-11-12-39-25)21-6-9-29-26(14-21)31(36-19-35-29)37-24-8-10-30(27(32)15-24)40-17-22-13-23(33)7-5-20(22)2/h6-10,13-15,19-20,25,34H,5,11-12,16-18H2,1-2H3,(H,35,36,37)/b38-28+/t20?,25-/m0/s1. The molecule has 1 aliphatic heterocycles. The highest BCUT2D eigenvalue weighted by Gasteiger charge is 2.16. The van der Waals surface area contributed by atoms with Gasteiger partial charge in [-0.25, -0.2) is 14.4 Å². The Balaban J connectivity index is 1.32. The van der Waals surface area contributed by atoms with Gasteiger partial charge in [-0.1, -0.05) is 29.6 Å². The summed E-state index contributed by atoms with van der Waals surface area (Å²) in [6.07, 6.45) is 5.22. The van der Waals surface area contributed by atoms with E-state index >= 15 is 0 Å². The molecule has 5 rings (SSSR count). The molecule has 8 nitrogen and oxygen atoms in total. The van der Waals surface area contributed by atoms with Crippen LogP contribution in [0.3, 0.4) is 0 Å². The first-order valence-corrected chi connectivity index (χ1v) is 13.8. The maximum atomic E-state index is 13.7. The van der Waals surface area contributed by atoms with Crippen LogP contribution in [-0.2, 0) is 9.57 Å². The number of hydrogen-bond donors (Lipinski definition) is 2. The van der Waals surface area contributed by atoms with E-state index in [4.69, 9.17) is 25.9 Å². The minimum atomic E-state index is -0.230. The quantitative estimate of drug-likeness (QED) is 0.185. The zero-order chi connectivity index (χ0) is 28.6. The van der Waals surface area contributed by atoms with Crippen molar-refractivity contribution in [3.8, 4) is 17.6 Å². The Morgan fingerprint density at radius 3 is 2.98 bits per heavy atom. The first kappa shape index (κ1) is 28.6. The third-order valence-electron chi connectivity index (χ3n) is 6.78. The van der Waals surface area contributed by atoms with Gasteiger partial charge in [-0.2, -0.15) is 0 Å². The second kappa shape index (κ2) is 13.6. The molecule has 2 atom stereocenters. The zero-order valence-corrected chi connectivity index (χ0v) is 23.7. The Bertz CT molecular complexity index is 1560. The minimum absolute atomic E-state index is 0.0548. The number of allylic oxidation sites excluding steroid dienone is 3. The van der Waals surface area contributed by atoms with E-state index in [-0.39, 0.29) is 24.5 Å². The molecule has 1 fully saturated rings. The second-order valence-electron chi connectivity index (χ2n) is 9.77. The third kappa shape index (κ3) is 7.41. The summed E-state index contributed by atoms with van der Waals surface area (Å²) in [5, 5.41) is 12.1. The molecule has 1 aromatic heterocycles. The number of aromatic nitrogens is 2. The van der Waals surface area contributed by atoms with E-state index in [0.717, 1.165) is 40.8 Å². The van der Waals surface area contributed by atoms with Crippen LogP contribution in [0.2, 0.25) is 5.02 Å². The smallest absolute Gasteiger partial charge is 0.159 e. The Kier molecular flexibility index (Phi) is 9.47. The number of benzene rings is 2. The maximum absolute atomic E-state index is 13.7. The summed E-state index contributed by atoms with van der Waals surface area (Å²) in [6.45, 7) is 6.61. The van der Waals surface area contributed by atoms with Crippen LogP contribution in [0, 0.1) is 17.8 Å². The molecule has 0 radical (unpaired) electrons. The van der Waals surface area contributed by atoms with Gasteiger partial charge in [0.1, 0.15) is 43.0 Å². The van der Waals surface area contributed by atoms with Crippen molar-refractivity contribution in [3.63, 3.8) is 0 Å². The average Bonchev–Trinajstić information content (AvgIpc) is 2.98. The molecule has 41 heavy (non-hydrogen) atoms. The number of anilines is 2. The number of ether oxygens (including phenoxy) is 2. The van der Waals surface area contributed by atoms with Gasteiger partial charge in [0.25, 0.3) is 0 Å². The summed E-state index contributed by atoms with van der Waals surface area (Å²) >= 11 is 6.54. The summed E-state index contributed by atoms with van der Waals surface area (Å²) in [5.41, 5.74) is 3.63. The van der Waals surface area contributed by atoms with Crippen LogP contribution >= 0.6 is 11.6 Å². The molecule has 0 spiro atoms. The van der Waals surface area contributed by atoms with Crippen LogP contribution in [0.25, 0.3) is 10.9 Å². The molecule has 212 valence electrons. The van der Waals surface area contributed by atoms with Gasteiger partial charge < -0.3 is 24.9 Å². The number of halogens is 2. The Morgan fingerprint density at radius 2 is 2.17 bits per heavy atom. The van der Waals surface area contributed by atoms with E-state index in [1.54, 1.807) is 25.1 Å². The van der Waals surface area contributed by atoms with Gasteiger partial charge >= 0.3 is 0 Å². The molecule has 0 saturated carbocycles. The fourth-order valence-corrected chi connectivity index (χ4v) is 4.71. The average molecular weight is 576 g/mol. The lowest BCUT2D eigenvalue weighted by atomic mass is 9.93. The van der Waals surface area contributed by atoms with Crippen molar-refractivity contribution >= 4 is 39.7 Å². The summed E-state index contributed by atoms with van der Waals surface area (Å²) in [7, 11) is 0. The minimum Gasteiger partial charge on any atom is -0.488 e. The highest BCUT2D eigenvalue weighted by atomic mass is 35.5. The zero-order valence-electron chi connectivity index (χ0n) is 22.9. The largest absolute Gasteiger partial charge is 0.488 e. The van der Waals surface area contributed by atoms with Crippen molar-refractivity contribution in [3.05, 3.63) is 76.9 Å². The molecule has 2 aromatic carbocycles. The molecule has 2 heterocycles. The van der Waals surface area contributed by atoms with Crippen LogP contribution < -0.4 is 15.4 Å². The molecule has 2 aliphatic rings. The normalized spacial score (nSPS) is 19.1. The lowest BCUT2D eigenvalue weighted by Gasteiger charge is -2.22. The van der Waals surface area contributed by atoms with E-state index < -0.39 is 0 Å². The number of nitrogens with one attached hydrogen (secondary N) is 2. The molecule has 10 heteroatoms. The van der Waals surface area contributed by atoms with Gasteiger partial charge in [0, 0.05) is 29.7 Å². The van der Waals surface area contributed by atoms with E-state index in [2.05, 4.69) is 37.6 Å². The van der Waals surface area contributed by atoms with Crippen LogP contribution in [0.4, 0.5) is 15.9 Å². The lowest BCUT2D eigenvalue weighted by molar-refractivity contribution is -0.0300. The highest BCUT2D eigenvalue weighted by Crippen LogP contribution is 2.32. The number of rotatable bonds is 9. The van der Waals surface area contributed by atoms with Gasteiger partial charge in [-0.15, -0.1) is 0 Å². The van der Waals surface area contributed by atoms with Gasteiger partial charge in [-0.3, -0.25) is 0 Å². The fraction of sp³-hybridized carbons (Fsp3) is 0.323. The van der Waals surface area contributed by atoms with Crippen molar-refractivity contribution in [2.24, 2.45) is 11.1 Å². The Morgan fingerprint density at radius 1 is 1.27 bits per heavy atom. The van der Waals surface area contributed by atoms with Crippen molar-refractivity contribution in [2.45, 2.75) is 26.4 Å². The number of oxime groups is 1. The van der Waals surface area contributed by atoms with Crippen LogP contribution in [0.5, 0.6) is 5.75 Å². The molecule has 2 N–H and O–H groups in total. The topological polar surface area (TPSA) is 89.9 Å². The maximum Gasteiger partial charge on any atom is 0.159 e. The van der Waals surface area contributed by atoms with Crippen molar-refractivity contribution < 1.29 is 18.7 Å². The molecule has 0 bridgehead atoms. The third-order valence-corrected chi connectivity index (χ3v) is 7.08. The molecule has 1 aliphatic carbocycles. The number of hydrogen-bond acceptors (Lipinski definition) is 8. The van der Waals surface area contributed by atoms with E-state index in [1.165, 1.54) is 12.4 Å².